The minimum absolute atomic E-state index is 0.389. The summed E-state index contributed by atoms with van der Waals surface area (Å²) in [6.45, 7) is 0.389. The van der Waals surface area contributed by atoms with Crippen molar-refractivity contribution >= 4 is 0 Å². The van der Waals surface area contributed by atoms with Gasteiger partial charge in [-0.25, -0.2) is 0 Å². The Morgan fingerprint density at radius 2 is 2.00 bits per heavy atom. The van der Waals surface area contributed by atoms with Crippen LogP contribution >= 0.6 is 0 Å². The molecule has 0 aliphatic rings. The van der Waals surface area contributed by atoms with Gasteiger partial charge < -0.3 is 4.74 Å². The third kappa shape index (κ3) is 2.63. The summed E-state index contributed by atoms with van der Waals surface area (Å²) >= 11 is 0. The lowest BCUT2D eigenvalue weighted by Crippen LogP contribution is -1.84. The molecule has 13 heavy (non-hydrogen) atoms. The molecule has 0 saturated heterocycles. The molecule has 2 heteroatoms. The first-order valence-electron chi connectivity index (χ1n) is 3.85. The molecule has 0 unspecified atom stereocenters. The molecule has 0 aliphatic heterocycles. The Hall–Kier alpha value is -1.77. The van der Waals surface area contributed by atoms with Gasteiger partial charge in [-0.3, -0.25) is 0 Å². The van der Waals surface area contributed by atoms with Crippen molar-refractivity contribution < 1.29 is 4.74 Å². The average Bonchev–Trinajstić information content (AvgIpc) is 2.19. The Kier molecular flexibility index (Phi) is 3.57. The summed E-state index contributed by atoms with van der Waals surface area (Å²) < 4.78 is 4.78. The number of methoxy groups -OCH3 is 1. The van der Waals surface area contributed by atoms with Gasteiger partial charge in [0.05, 0.1) is 5.56 Å². The summed E-state index contributed by atoms with van der Waals surface area (Å²) in [4.78, 5) is 0. The second-order valence-electron chi connectivity index (χ2n) is 2.39. The van der Waals surface area contributed by atoms with E-state index < -0.39 is 0 Å². The van der Waals surface area contributed by atoms with E-state index in [0.29, 0.717) is 12.2 Å². The van der Waals surface area contributed by atoms with Crippen molar-refractivity contribution in [3.05, 3.63) is 35.4 Å². The van der Waals surface area contributed by atoms with Crippen LogP contribution in [-0.2, 0) is 4.74 Å². The van der Waals surface area contributed by atoms with Gasteiger partial charge in [-0.1, -0.05) is 24.0 Å². The third-order valence-corrected chi connectivity index (χ3v) is 1.49. The first kappa shape index (κ1) is 9.32. The van der Waals surface area contributed by atoms with Crippen LogP contribution in [0.5, 0.6) is 0 Å². The summed E-state index contributed by atoms with van der Waals surface area (Å²) in [5.74, 6) is 5.67. The molecule has 0 spiro atoms. The van der Waals surface area contributed by atoms with E-state index in [2.05, 4.69) is 17.9 Å². The molecule has 0 fully saturated rings. The van der Waals surface area contributed by atoms with Crippen molar-refractivity contribution in [2.24, 2.45) is 0 Å². The minimum Gasteiger partial charge on any atom is -0.372 e. The molecule has 0 aliphatic carbocycles. The van der Waals surface area contributed by atoms with Crippen molar-refractivity contribution in [1.29, 1.82) is 5.26 Å². The first-order valence-corrected chi connectivity index (χ1v) is 3.85. The maximum Gasteiger partial charge on any atom is 0.107 e. The maximum absolute atomic E-state index is 8.73. The van der Waals surface area contributed by atoms with Crippen LogP contribution in [0.25, 0.3) is 0 Å². The van der Waals surface area contributed by atoms with Gasteiger partial charge in [0, 0.05) is 12.7 Å². The standard InChI is InChI=1S/C11H9NO/c1-13-8-4-7-10-5-2-3-6-11(10)9-12/h2-3,5-6H,8H2,1H3. The fraction of sp³-hybridized carbons (Fsp3) is 0.182. The van der Waals surface area contributed by atoms with Gasteiger partial charge in [-0.05, 0) is 12.1 Å². The molecule has 0 aromatic heterocycles. The highest BCUT2D eigenvalue weighted by Crippen LogP contribution is 2.04. The van der Waals surface area contributed by atoms with Gasteiger partial charge in [0.2, 0.25) is 0 Å². The van der Waals surface area contributed by atoms with E-state index in [1.54, 1.807) is 13.2 Å². The number of ether oxygens (including phenoxy) is 1. The van der Waals surface area contributed by atoms with E-state index in [9.17, 15) is 0 Å². The van der Waals surface area contributed by atoms with Gasteiger partial charge in [0.15, 0.2) is 0 Å². The van der Waals surface area contributed by atoms with Crippen molar-refractivity contribution in [3.63, 3.8) is 0 Å². The van der Waals surface area contributed by atoms with Crippen molar-refractivity contribution in [2.45, 2.75) is 0 Å². The molecular formula is C11H9NO. The van der Waals surface area contributed by atoms with E-state index in [1.807, 2.05) is 18.2 Å². The fourth-order valence-corrected chi connectivity index (χ4v) is 0.893. The summed E-state index contributed by atoms with van der Waals surface area (Å²) in [6, 6.07) is 9.32. The third-order valence-electron chi connectivity index (χ3n) is 1.49. The lowest BCUT2D eigenvalue weighted by Gasteiger charge is -1.92. The monoisotopic (exact) mass is 171 g/mol. The Morgan fingerprint density at radius 3 is 2.62 bits per heavy atom. The fourth-order valence-electron chi connectivity index (χ4n) is 0.893. The molecule has 1 aromatic carbocycles. The van der Waals surface area contributed by atoms with E-state index in [4.69, 9.17) is 10.00 Å². The smallest absolute Gasteiger partial charge is 0.107 e. The highest BCUT2D eigenvalue weighted by atomic mass is 16.5. The molecule has 0 atom stereocenters. The van der Waals surface area contributed by atoms with Gasteiger partial charge in [0.25, 0.3) is 0 Å². The van der Waals surface area contributed by atoms with Gasteiger partial charge in [0.1, 0.15) is 12.7 Å². The van der Waals surface area contributed by atoms with Crippen LogP contribution in [0.1, 0.15) is 11.1 Å². The summed E-state index contributed by atoms with van der Waals surface area (Å²) in [6.07, 6.45) is 0. The van der Waals surface area contributed by atoms with E-state index >= 15 is 0 Å². The molecule has 0 amide bonds. The molecule has 0 heterocycles. The van der Waals surface area contributed by atoms with Crippen LogP contribution in [0, 0.1) is 23.2 Å². The molecule has 0 N–H and O–H groups in total. The number of benzene rings is 1. The number of nitrogens with zero attached hydrogens (tertiary/aromatic N) is 1. The van der Waals surface area contributed by atoms with Gasteiger partial charge in [-0.2, -0.15) is 5.26 Å². The van der Waals surface area contributed by atoms with Crippen LogP contribution in [0.15, 0.2) is 24.3 Å². The molecule has 0 radical (unpaired) electrons. The Labute approximate surface area is 77.8 Å². The van der Waals surface area contributed by atoms with Crippen LogP contribution in [0.2, 0.25) is 0 Å². The van der Waals surface area contributed by atoms with Crippen LogP contribution < -0.4 is 0 Å². The zero-order valence-electron chi connectivity index (χ0n) is 7.37. The summed E-state index contributed by atoms with van der Waals surface area (Å²) in [7, 11) is 1.59. The van der Waals surface area contributed by atoms with E-state index in [-0.39, 0.29) is 0 Å². The Balaban J connectivity index is 2.91. The van der Waals surface area contributed by atoms with E-state index in [1.165, 1.54) is 0 Å². The lowest BCUT2D eigenvalue weighted by atomic mass is 10.1. The molecule has 2 nitrogen and oxygen atoms in total. The first-order chi connectivity index (χ1) is 6.38. The second kappa shape index (κ2) is 4.98. The van der Waals surface area contributed by atoms with Gasteiger partial charge >= 0.3 is 0 Å². The number of nitriles is 1. The molecule has 0 saturated carbocycles. The zero-order chi connectivity index (χ0) is 9.52. The highest BCUT2D eigenvalue weighted by Gasteiger charge is 1.94. The Bertz CT molecular complexity index is 379. The zero-order valence-corrected chi connectivity index (χ0v) is 7.37. The van der Waals surface area contributed by atoms with Crippen LogP contribution in [0.3, 0.4) is 0 Å². The molecule has 1 aromatic rings. The quantitative estimate of drug-likeness (QED) is 0.601. The molecule has 1 rings (SSSR count). The Morgan fingerprint density at radius 1 is 1.31 bits per heavy atom. The molecular weight excluding hydrogens is 162 g/mol. The maximum atomic E-state index is 8.73. The average molecular weight is 171 g/mol. The highest BCUT2D eigenvalue weighted by molar-refractivity contribution is 5.47. The largest absolute Gasteiger partial charge is 0.372 e. The van der Waals surface area contributed by atoms with Crippen molar-refractivity contribution in [1.82, 2.24) is 0 Å². The van der Waals surface area contributed by atoms with E-state index in [0.717, 1.165) is 5.56 Å². The van der Waals surface area contributed by atoms with Gasteiger partial charge in [-0.15, -0.1) is 0 Å². The van der Waals surface area contributed by atoms with Crippen LogP contribution in [-0.4, -0.2) is 13.7 Å². The lowest BCUT2D eigenvalue weighted by molar-refractivity contribution is 0.240. The van der Waals surface area contributed by atoms with Crippen molar-refractivity contribution in [2.75, 3.05) is 13.7 Å². The SMILES string of the molecule is COCC#Cc1ccccc1C#N. The van der Waals surface area contributed by atoms with Crippen LogP contribution in [0.4, 0.5) is 0 Å². The summed E-state index contributed by atoms with van der Waals surface area (Å²) in [5, 5.41) is 8.73. The minimum atomic E-state index is 0.389. The predicted octanol–water partition coefficient (Wildman–Crippen LogP) is 1.56. The number of hydrogen-bond acceptors (Lipinski definition) is 2. The van der Waals surface area contributed by atoms with Crippen molar-refractivity contribution in [3.8, 4) is 17.9 Å². The molecule has 0 bridgehead atoms. The number of hydrogen-bond donors (Lipinski definition) is 0. The second-order valence-corrected chi connectivity index (χ2v) is 2.39. The topological polar surface area (TPSA) is 33.0 Å². The number of rotatable bonds is 1. The normalized spacial score (nSPS) is 8.31. The summed E-state index contributed by atoms with van der Waals surface area (Å²) in [5.41, 5.74) is 1.35. The predicted molar refractivity (Wildman–Crippen MR) is 49.9 cm³/mol. The molecule has 64 valence electrons.